The van der Waals surface area contributed by atoms with Crippen LogP contribution in [0.25, 0.3) is 10.2 Å². The molecule has 20 heavy (non-hydrogen) atoms. The lowest BCUT2D eigenvalue weighted by Crippen LogP contribution is -2.07. The van der Waals surface area contributed by atoms with Crippen LogP contribution in [-0.4, -0.2) is 4.98 Å². The number of anilines is 1. The van der Waals surface area contributed by atoms with Crippen molar-refractivity contribution in [1.29, 1.82) is 0 Å². The third-order valence-corrected chi connectivity index (χ3v) is 4.40. The number of thiophene rings is 1. The highest BCUT2D eigenvalue weighted by molar-refractivity contribution is 7.17. The molecule has 0 saturated carbocycles. The van der Waals surface area contributed by atoms with Crippen LogP contribution in [0.4, 0.5) is 5.69 Å². The zero-order chi connectivity index (χ0) is 13.9. The van der Waals surface area contributed by atoms with Crippen molar-refractivity contribution >= 4 is 27.2 Å². The lowest BCUT2D eigenvalue weighted by Gasteiger charge is -2.16. The molecule has 1 unspecified atom stereocenters. The molecule has 0 bridgehead atoms. The molecule has 0 aliphatic rings. The van der Waals surface area contributed by atoms with E-state index in [1.54, 1.807) is 11.3 Å². The first kappa shape index (κ1) is 13.1. The second kappa shape index (κ2) is 5.63. The van der Waals surface area contributed by atoms with Crippen LogP contribution in [0.5, 0.6) is 0 Å². The van der Waals surface area contributed by atoms with Crippen molar-refractivity contribution in [2.75, 3.05) is 5.32 Å². The summed E-state index contributed by atoms with van der Waals surface area (Å²) in [5.74, 6) is 0. The molecule has 1 N–H and O–H groups in total. The van der Waals surface area contributed by atoms with Gasteiger partial charge in [0.25, 0.3) is 0 Å². The number of fused-ring (bicyclic) bond motifs is 1. The Morgan fingerprint density at radius 1 is 1.25 bits per heavy atom. The van der Waals surface area contributed by atoms with Crippen LogP contribution in [0.1, 0.15) is 31.0 Å². The minimum absolute atomic E-state index is 0.251. The van der Waals surface area contributed by atoms with E-state index in [0.29, 0.717) is 0 Å². The van der Waals surface area contributed by atoms with Crippen LogP contribution in [0.15, 0.2) is 48.0 Å². The fourth-order valence-corrected chi connectivity index (χ4v) is 3.10. The van der Waals surface area contributed by atoms with Crippen LogP contribution in [0.2, 0.25) is 0 Å². The highest BCUT2D eigenvalue weighted by Crippen LogP contribution is 2.25. The van der Waals surface area contributed by atoms with Gasteiger partial charge in [0.15, 0.2) is 0 Å². The highest BCUT2D eigenvalue weighted by atomic mass is 32.1. The Hall–Kier alpha value is -1.87. The second-order valence-corrected chi connectivity index (χ2v) is 5.94. The number of nitrogens with zero attached hydrogens (tertiary/aromatic N) is 1. The van der Waals surface area contributed by atoms with Crippen LogP contribution in [0, 0.1) is 0 Å². The summed E-state index contributed by atoms with van der Waals surface area (Å²) >= 11 is 1.74. The summed E-state index contributed by atoms with van der Waals surface area (Å²) in [4.78, 5) is 4.51. The first-order chi connectivity index (χ1) is 9.76. The number of hydrogen-bond donors (Lipinski definition) is 1. The summed E-state index contributed by atoms with van der Waals surface area (Å²) in [7, 11) is 0. The third kappa shape index (κ3) is 2.68. The van der Waals surface area contributed by atoms with Gasteiger partial charge in [0, 0.05) is 11.9 Å². The topological polar surface area (TPSA) is 24.9 Å². The van der Waals surface area contributed by atoms with E-state index in [0.717, 1.165) is 11.9 Å². The van der Waals surface area contributed by atoms with Gasteiger partial charge in [-0.25, -0.2) is 0 Å². The van der Waals surface area contributed by atoms with Gasteiger partial charge in [0.1, 0.15) is 0 Å². The average molecular weight is 282 g/mol. The SMILES string of the molecule is CCc1cccc(NC(C)c2cnc3ccsc3c2)c1. The van der Waals surface area contributed by atoms with E-state index in [-0.39, 0.29) is 6.04 Å². The summed E-state index contributed by atoms with van der Waals surface area (Å²) in [5, 5.41) is 5.64. The fourth-order valence-electron chi connectivity index (χ4n) is 2.31. The fraction of sp³-hybridized carbons (Fsp3) is 0.235. The van der Waals surface area contributed by atoms with Crippen molar-refractivity contribution in [1.82, 2.24) is 4.98 Å². The lowest BCUT2D eigenvalue weighted by atomic mass is 10.1. The van der Waals surface area contributed by atoms with Crippen molar-refractivity contribution in [3.8, 4) is 0 Å². The molecule has 0 amide bonds. The number of nitrogens with one attached hydrogen (secondary N) is 1. The van der Waals surface area contributed by atoms with Gasteiger partial charge in [-0.1, -0.05) is 19.1 Å². The Labute approximate surface area is 123 Å². The van der Waals surface area contributed by atoms with Crippen LogP contribution in [-0.2, 0) is 6.42 Å². The molecule has 0 aliphatic heterocycles. The molecule has 102 valence electrons. The van der Waals surface area contributed by atoms with E-state index >= 15 is 0 Å². The van der Waals surface area contributed by atoms with Crippen molar-refractivity contribution in [2.24, 2.45) is 0 Å². The average Bonchev–Trinajstić information content (AvgIpc) is 2.94. The quantitative estimate of drug-likeness (QED) is 0.725. The number of pyridine rings is 1. The monoisotopic (exact) mass is 282 g/mol. The van der Waals surface area contributed by atoms with Crippen LogP contribution in [0.3, 0.4) is 0 Å². The van der Waals surface area contributed by atoms with Gasteiger partial charge < -0.3 is 5.32 Å². The number of aromatic nitrogens is 1. The van der Waals surface area contributed by atoms with Crippen LogP contribution < -0.4 is 5.32 Å². The lowest BCUT2D eigenvalue weighted by molar-refractivity contribution is 0.879. The van der Waals surface area contributed by atoms with Gasteiger partial charge in [0.05, 0.1) is 16.3 Å². The molecule has 2 aromatic heterocycles. The number of aryl methyl sites for hydroxylation is 1. The van der Waals surface area contributed by atoms with E-state index in [2.05, 4.69) is 65.9 Å². The third-order valence-electron chi connectivity index (χ3n) is 3.54. The second-order valence-electron chi connectivity index (χ2n) is 4.99. The standard InChI is InChI=1S/C17H18N2S/c1-3-13-5-4-6-15(9-13)19-12(2)14-10-17-16(18-11-14)7-8-20-17/h4-12,19H,3H2,1-2H3. The van der Waals surface area contributed by atoms with Gasteiger partial charge in [-0.05, 0) is 54.1 Å². The molecule has 2 nitrogen and oxygen atoms in total. The summed E-state index contributed by atoms with van der Waals surface area (Å²) < 4.78 is 1.25. The normalized spacial score (nSPS) is 12.5. The van der Waals surface area contributed by atoms with E-state index in [9.17, 15) is 0 Å². The summed E-state index contributed by atoms with van der Waals surface area (Å²) in [6.07, 6.45) is 3.03. The predicted octanol–water partition coefficient (Wildman–Crippen LogP) is 5.03. The Bertz CT molecular complexity index is 718. The van der Waals surface area contributed by atoms with E-state index < -0.39 is 0 Å². The minimum atomic E-state index is 0.251. The number of hydrogen-bond acceptors (Lipinski definition) is 3. The van der Waals surface area contributed by atoms with E-state index in [1.165, 1.54) is 21.5 Å². The molecular formula is C17H18N2S. The van der Waals surface area contributed by atoms with E-state index in [4.69, 9.17) is 0 Å². The van der Waals surface area contributed by atoms with Gasteiger partial charge in [-0.2, -0.15) is 0 Å². The molecule has 2 heterocycles. The highest BCUT2D eigenvalue weighted by Gasteiger charge is 2.07. The summed E-state index contributed by atoms with van der Waals surface area (Å²) in [6.45, 7) is 4.35. The number of benzene rings is 1. The largest absolute Gasteiger partial charge is 0.378 e. The maximum absolute atomic E-state index is 4.51. The smallest absolute Gasteiger partial charge is 0.0809 e. The zero-order valence-electron chi connectivity index (χ0n) is 11.8. The van der Waals surface area contributed by atoms with Gasteiger partial charge in [0.2, 0.25) is 0 Å². The Morgan fingerprint density at radius 3 is 3.00 bits per heavy atom. The number of rotatable bonds is 4. The summed E-state index contributed by atoms with van der Waals surface area (Å²) in [5.41, 5.74) is 4.83. The van der Waals surface area contributed by atoms with Crippen molar-refractivity contribution in [3.63, 3.8) is 0 Å². The summed E-state index contributed by atoms with van der Waals surface area (Å²) in [6, 6.07) is 13.1. The molecular weight excluding hydrogens is 264 g/mol. The molecule has 3 rings (SSSR count). The predicted molar refractivity (Wildman–Crippen MR) is 87.5 cm³/mol. The first-order valence-corrected chi connectivity index (χ1v) is 7.83. The molecule has 1 atom stereocenters. The van der Waals surface area contributed by atoms with Crippen molar-refractivity contribution < 1.29 is 0 Å². The van der Waals surface area contributed by atoms with Crippen LogP contribution >= 0.6 is 11.3 Å². The molecule has 3 heteroatoms. The molecule has 0 saturated heterocycles. The molecule has 0 spiro atoms. The van der Waals surface area contributed by atoms with E-state index in [1.807, 2.05) is 6.20 Å². The Balaban J connectivity index is 1.82. The molecule has 1 aromatic carbocycles. The van der Waals surface area contributed by atoms with Gasteiger partial charge in [-0.3, -0.25) is 4.98 Å². The van der Waals surface area contributed by atoms with Crippen molar-refractivity contribution in [3.05, 3.63) is 59.1 Å². The molecule has 3 aromatic rings. The van der Waals surface area contributed by atoms with Gasteiger partial charge in [-0.15, -0.1) is 11.3 Å². The minimum Gasteiger partial charge on any atom is -0.378 e. The molecule has 0 aliphatic carbocycles. The maximum atomic E-state index is 4.51. The zero-order valence-corrected chi connectivity index (χ0v) is 12.6. The maximum Gasteiger partial charge on any atom is 0.0809 e. The van der Waals surface area contributed by atoms with Crippen molar-refractivity contribution in [2.45, 2.75) is 26.3 Å². The first-order valence-electron chi connectivity index (χ1n) is 6.95. The molecule has 0 radical (unpaired) electrons. The molecule has 0 fully saturated rings. The Morgan fingerprint density at radius 2 is 2.15 bits per heavy atom. The Kier molecular flexibility index (Phi) is 3.70. The van der Waals surface area contributed by atoms with Gasteiger partial charge >= 0.3 is 0 Å².